The molecule has 8 heteroatoms. The molecule has 254 valence electrons. The molecule has 1 fully saturated rings. The van der Waals surface area contributed by atoms with E-state index in [1.807, 2.05) is 29.9 Å². The van der Waals surface area contributed by atoms with Crippen molar-refractivity contribution in [3.63, 3.8) is 0 Å². The van der Waals surface area contributed by atoms with Crippen molar-refractivity contribution >= 4 is 33.5 Å². The fraction of sp³-hybridized carbons (Fsp3) is 0.463. The first-order valence-electron chi connectivity index (χ1n) is 18.0. The second-order valence-electron chi connectivity index (χ2n) is 16.2. The van der Waals surface area contributed by atoms with Gasteiger partial charge in [-0.2, -0.15) is 0 Å². The third-order valence-corrected chi connectivity index (χ3v) is 15.0. The summed E-state index contributed by atoms with van der Waals surface area (Å²) in [5, 5.41) is 0. The predicted octanol–water partition coefficient (Wildman–Crippen LogP) is 10.4. The van der Waals surface area contributed by atoms with Crippen LogP contribution in [0.2, 0.25) is 0 Å². The number of hydrogen-bond donors (Lipinski definition) is 0. The molecule has 0 N–H and O–H groups in total. The lowest BCUT2D eigenvalue weighted by molar-refractivity contribution is 0.0518. The Kier molecular flexibility index (Phi) is 6.34. The minimum Gasteiger partial charge on any atom is -0.425 e. The van der Waals surface area contributed by atoms with Gasteiger partial charge in [0.2, 0.25) is 0 Å². The van der Waals surface area contributed by atoms with E-state index in [4.69, 9.17) is 4.42 Å². The summed E-state index contributed by atoms with van der Waals surface area (Å²) in [6.45, 7) is 21.0. The van der Waals surface area contributed by atoms with Gasteiger partial charge < -0.3 is 14.2 Å². The number of imidazole rings is 2. The second-order valence-corrected chi connectivity index (χ2v) is 17.2. The van der Waals surface area contributed by atoms with Crippen molar-refractivity contribution in [2.24, 2.45) is 5.41 Å². The summed E-state index contributed by atoms with van der Waals surface area (Å²) in [4.78, 5) is 17.0. The first-order valence-corrected chi connectivity index (χ1v) is 18.8. The number of benzene rings is 2. The van der Waals surface area contributed by atoms with Crippen LogP contribution in [0.4, 0.5) is 11.4 Å². The zero-order chi connectivity index (χ0) is 34.2. The van der Waals surface area contributed by atoms with Crippen LogP contribution < -0.4 is 9.80 Å². The molecule has 7 nitrogen and oxygen atoms in total. The number of aromatic nitrogens is 4. The van der Waals surface area contributed by atoms with Crippen LogP contribution in [0.3, 0.4) is 0 Å². The molecule has 1 saturated carbocycles. The van der Waals surface area contributed by atoms with Crippen molar-refractivity contribution in [3.8, 4) is 0 Å². The molecule has 3 aliphatic heterocycles. The van der Waals surface area contributed by atoms with E-state index in [0.29, 0.717) is 11.9 Å². The molecule has 1 aliphatic carbocycles. The minimum atomic E-state index is -0.245. The number of para-hydroxylation sites is 2. The normalized spacial score (nSPS) is 25.4. The van der Waals surface area contributed by atoms with Crippen molar-refractivity contribution in [1.82, 2.24) is 18.8 Å². The van der Waals surface area contributed by atoms with Gasteiger partial charge in [-0.1, -0.05) is 88.3 Å². The summed E-state index contributed by atoms with van der Waals surface area (Å²) in [5.74, 6) is 1.77. The van der Waals surface area contributed by atoms with Crippen LogP contribution in [-0.2, 0) is 16.5 Å². The van der Waals surface area contributed by atoms with Gasteiger partial charge in [-0.3, -0.25) is 8.80 Å². The Hall–Kier alpha value is -4.04. The largest absolute Gasteiger partial charge is 0.425 e. The zero-order valence-electron chi connectivity index (χ0n) is 30.3. The minimum absolute atomic E-state index is 0.00415. The average Bonchev–Trinajstić information content (AvgIpc) is 3.90. The lowest BCUT2D eigenvalue weighted by atomic mass is 9.52. The lowest BCUT2D eigenvalue weighted by Gasteiger charge is -2.61. The Balaban J connectivity index is 0.000000134. The number of anilines is 2. The highest BCUT2D eigenvalue weighted by molar-refractivity contribution is 7.17. The van der Waals surface area contributed by atoms with Crippen LogP contribution in [0.1, 0.15) is 125 Å². The first kappa shape index (κ1) is 31.0. The van der Waals surface area contributed by atoms with E-state index in [9.17, 15) is 0 Å². The number of nitrogens with zero attached hydrogens (tertiary/aromatic N) is 6. The Morgan fingerprint density at radius 2 is 1.45 bits per heavy atom. The highest BCUT2D eigenvalue weighted by Gasteiger charge is 2.66. The van der Waals surface area contributed by atoms with Gasteiger partial charge in [0.25, 0.3) is 0 Å². The molecule has 0 radical (unpaired) electrons. The smallest absolute Gasteiger partial charge is 0.306 e. The van der Waals surface area contributed by atoms with E-state index >= 15 is 0 Å². The summed E-state index contributed by atoms with van der Waals surface area (Å²) in [6, 6.07) is 16.2. The van der Waals surface area contributed by atoms with Crippen LogP contribution in [0.5, 0.6) is 0 Å². The summed E-state index contributed by atoms with van der Waals surface area (Å²) >= 11 is 1.91. The van der Waals surface area contributed by atoms with Crippen molar-refractivity contribution in [2.45, 2.75) is 117 Å². The van der Waals surface area contributed by atoms with E-state index in [1.54, 1.807) is 4.88 Å². The maximum absolute atomic E-state index is 6.39. The van der Waals surface area contributed by atoms with E-state index in [2.05, 4.69) is 140 Å². The molecule has 0 saturated heterocycles. The average molecular weight is 673 g/mol. The summed E-state index contributed by atoms with van der Waals surface area (Å²) < 4.78 is 10.8. The molecule has 0 bridgehead atoms. The fourth-order valence-electron chi connectivity index (χ4n) is 10.4. The molecule has 3 unspecified atom stereocenters. The molecule has 3 atom stereocenters. The molecule has 7 heterocycles. The van der Waals surface area contributed by atoms with Gasteiger partial charge in [-0.05, 0) is 75.6 Å². The van der Waals surface area contributed by atoms with Crippen molar-refractivity contribution in [2.75, 3.05) is 9.80 Å². The molecule has 10 rings (SSSR count). The van der Waals surface area contributed by atoms with E-state index in [-0.39, 0.29) is 27.9 Å². The standard InChI is InChI=1S/C22H27N3O.C19H21N3S/c1-13-9-8-10-15-16(13)25-14(2)17-18(26-19-23-11-12-24(17)19)22(25,7)21(5,6)20(15,3)4;1-13-7-3-4-8-15(13)22-14(2)16-17(19(22)9-5-6-10-19)23-18-20-11-12-21(16)18/h8-12,14H,1-7H3;3-4,7-8,11-12,14H,5-6,9-10H2,1-2H3. The predicted molar refractivity (Wildman–Crippen MR) is 199 cm³/mol. The van der Waals surface area contributed by atoms with Crippen molar-refractivity contribution in [3.05, 3.63) is 106 Å². The Labute approximate surface area is 293 Å². The van der Waals surface area contributed by atoms with Gasteiger partial charge in [0.05, 0.1) is 33.9 Å². The van der Waals surface area contributed by atoms with Gasteiger partial charge in [-0.15, -0.1) is 0 Å². The van der Waals surface area contributed by atoms with Crippen LogP contribution in [0.25, 0.3) is 10.8 Å². The maximum atomic E-state index is 6.39. The summed E-state index contributed by atoms with van der Waals surface area (Å²) in [6.07, 6.45) is 13.1. The summed E-state index contributed by atoms with van der Waals surface area (Å²) in [5.41, 5.74) is 9.50. The molecule has 4 aliphatic rings. The monoisotopic (exact) mass is 672 g/mol. The van der Waals surface area contributed by atoms with E-state index < -0.39 is 0 Å². The SMILES string of the molecule is Cc1cccc2c1N1C(C)c3c(oc4nccn34)C1(C)C(C)(C)C2(C)C.Cc1ccccc1N1C(C)c2c(sc3nccn23)C12CCCC2. The fourth-order valence-corrected chi connectivity index (χ4v) is 11.8. The molecule has 2 aromatic carbocycles. The highest BCUT2D eigenvalue weighted by Crippen LogP contribution is 2.67. The Bertz CT molecular complexity index is 2260. The molecule has 0 amide bonds. The van der Waals surface area contributed by atoms with Crippen LogP contribution >= 0.6 is 11.3 Å². The first-order chi connectivity index (χ1) is 23.4. The Morgan fingerprint density at radius 3 is 2.20 bits per heavy atom. The van der Waals surface area contributed by atoms with Crippen molar-refractivity contribution < 1.29 is 4.42 Å². The Morgan fingerprint density at radius 1 is 0.776 bits per heavy atom. The number of aryl methyl sites for hydroxylation is 2. The van der Waals surface area contributed by atoms with Gasteiger partial charge in [-0.25, -0.2) is 9.97 Å². The van der Waals surface area contributed by atoms with E-state index in [0.717, 1.165) is 10.7 Å². The zero-order valence-corrected chi connectivity index (χ0v) is 31.2. The summed E-state index contributed by atoms with van der Waals surface area (Å²) in [7, 11) is 0. The number of hydrogen-bond acceptors (Lipinski definition) is 6. The molecule has 49 heavy (non-hydrogen) atoms. The third kappa shape index (κ3) is 3.63. The molecule has 1 spiro atoms. The van der Waals surface area contributed by atoms with Crippen molar-refractivity contribution in [1.29, 1.82) is 0 Å². The van der Waals surface area contributed by atoms with Gasteiger partial charge in [0.15, 0.2) is 10.7 Å². The third-order valence-electron chi connectivity index (χ3n) is 13.7. The molecule has 4 aromatic heterocycles. The van der Waals surface area contributed by atoms with Crippen LogP contribution in [0.15, 0.2) is 71.7 Å². The van der Waals surface area contributed by atoms with Gasteiger partial charge in [0.1, 0.15) is 5.54 Å². The molecular formula is C41H48N6OS. The van der Waals surface area contributed by atoms with E-state index in [1.165, 1.54) is 65.1 Å². The topological polar surface area (TPSA) is 54.2 Å². The highest BCUT2D eigenvalue weighted by atomic mass is 32.1. The number of fused-ring (bicyclic) bond motifs is 11. The number of rotatable bonds is 1. The number of oxazole rings is 1. The maximum Gasteiger partial charge on any atom is 0.306 e. The van der Waals surface area contributed by atoms with Gasteiger partial charge >= 0.3 is 5.84 Å². The van der Waals surface area contributed by atoms with Crippen LogP contribution in [0, 0.1) is 19.3 Å². The quantitative estimate of drug-likeness (QED) is 0.174. The number of thiazole rings is 1. The lowest BCUT2D eigenvalue weighted by Crippen LogP contribution is -2.62. The molecular weight excluding hydrogens is 625 g/mol. The second kappa shape index (κ2) is 10.0. The molecule has 6 aromatic rings. The van der Waals surface area contributed by atoms with Crippen LogP contribution in [-0.4, -0.2) is 18.8 Å². The van der Waals surface area contributed by atoms with Gasteiger partial charge in [0, 0.05) is 41.6 Å².